The van der Waals surface area contributed by atoms with Crippen molar-refractivity contribution in [2.75, 3.05) is 26.2 Å². The number of pyridine rings is 1. The molecule has 7 nitrogen and oxygen atoms in total. The van der Waals surface area contributed by atoms with Crippen molar-refractivity contribution >= 4 is 28.6 Å². The van der Waals surface area contributed by atoms with Crippen molar-refractivity contribution in [3.05, 3.63) is 77.7 Å². The summed E-state index contributed by atoms with van der Waals surface area (Å²) in [4.78, 5) is 41.4. The number of nitrogens with one attached hydrogen (secondary N) is 1. The van der Waals surface area contributed by atoms with Gasteiger partial charge in [0.15, 0.2) is 5.78 Å². The third kappa shape index (κ3) is 7.08. The number of alkyl halides is 3. The van der Waals surface area contributed by atoms with Crippen LogP contribution in [0.5, 0.6) is 0 Å². The summed E-state index contributed by atoms with van der Waals surface area (Å²) in [6.07, 6.45) is -1.39. The number of hydrogen-bond acceptors (Lipinski definition) is 5. The molecule has 2 fully saturated rings. The molecule has 0 bridgehead atoms. The molecule has 0 saturated carbocycles. The first kappa shape index (κ1) is 30.1. The Labute approximate surface area is 234 Å². The van der Waals surface area contributed by atoms with Crippen molar-refractivity contribution in [1.82, 2.24) is 15.2 Å². The van der Waals surface area contributed by atoms with Gasteiger partial charge in [-0.3, -0.25) is 14.6 Å². The number of carboxylic acid groups (broad SMARTS) is 1. The molecule has 11 heteroatoms. The first-order chi connectivity index (χ1) is 19.4. The van der Waals surface area contributed by atoms with Crippen LogP contribution in [0.25, 0.3) is 10.9 Å². The number of carbonyl (C=O) groups is 3. The van der Waals surface area contributed by atoms with Crippen LogP contribution < -0.4 is 5.32 Å². The number of aliphatic carboxylic acids is 1. The maximum Gasteiger partial charge on any atom is 0.490 e. The predicted molar refractivity (Wildman–Crippen MR) is 144 cm³/mol. The molecular weight excluding hydrogens is 542 g/mol. The minimum absolute atomic E-state index is 0.0714. The maximum atomic E-state index is 13.4. The van der Waals surface area contributed by atoms with E-state index in [1.165, 1.54) is 12.1 Å². The van der Waals surface area contributed by atoms with Crippen LogP contribution in [0.2, 0.25) is 0 Å². The molecule has 2 aliphatic rings. The summed E-state index contributed by atoms with van der Waals surface area (Å²) in [6, 6.07) is 16.3. The second-order valence-corrected chi connectivity index (χ2v) is 10.7. The van der Waals surface area contributed by atoms with Gasteiger partial charge in [-0.25, -0.2) is 9.18 Å². The Morgan fingerprint density at radius 1 is 1.12 bits per heavy atom. The number of para-hydroxylation sites is 1. The standard InChI is InChI=1S/C28H30FN3O2.C2HF3O2/c1-19(14-26(33)22-15-21-4-2-3-5-25(21)30-16-22)18-32-12-10-28(11-13-32)24(17-31-27(28)34)20-6-8-23(29)9-7-20;3-2(4,5)1(6)7/h2-9,15-16,19,24H,10-14,17-18H2,1H3,(H,31,34);(H,6,7)/t19-,24?;/m1./s1. The van der Waals surface area contributed by atoms with E-state index in [4.69, 9.17) is 9.90 Å². The highest BCUT2D eigenvalue weighted by molar-refractivity contribution is 5.98. The maximum absolute atomic E-state index is 13.4. The summed E-state index contributed by atoms with van der Waals surface area (Å²) in [6.45, 7) is 5.18. The van der Waals surface area contributed by atoms with Gasteiger partial charge in [-0.15, -0.1) is 0 Å². The normalized spacial score (nSPS) is 19.3. The van der Waals surface area contributed by atoms with Crippen LogP contribution in [-0.2, 0) is 9.59 Å². The molecule has 1 unspecified atom stereocenters. The van der Waals surface area contributed by atoms with Crippen molar-refractivity contribution in [3.8, 4) is 0 Å². The van der Waals surface area contributed by atoms with E-state index in [-0.39, 0.29) is 29.3 Å². The number of nitrogens with zero attached hydrogens (tertiary/aromatic N) is 2. The minimum Gasteiger partial charge on any atom is -0.475 e. The molecule has 2 atom stereocenters. The lowest BCUT2D eigenvalue weighted by atomic mass is 9.68. The van der Waals surface area contributed by atoms with Gasteiger partial charge in [-0.05, 0) is 61.7 Å². The topological polar surface area (TPSA) is 99.6 Å². The zero-order valence-corrected chi connectivity index (χ0v) is 22.5. The molecule has 3 aromatic rings. The lowest BCUT2D eigenvalue weighted by Gasteiger charge is -2.41. The lowest BCUT2D eigenvalue weighted by molar-refractivity contribution is -0.192. The zero-order valence-electron chi connectivity index (χ0n) is 22.5. The molecule has 41 heavy (non-hydrogen) atoms. The van der Waals surface area contributed by atoms with Crippen LogP contribution >= 0.6 is 0 Å². The van der Waals surface area contributed by atoms with Gasteiger partial charge >= 0.3 is 12.1 Å². The van der Waals surface area contributed by atoms with Crippen molar-refractivity contribution in [3.63, 3.8) is 0 Å². The predicted octanol–water partition coefficient (Wildman–Crippen LogP) is 5.21. The van der Waals surface area contributed by atoms with Crippen LogP contribution in [0, 0.1) is 17.2 Å². The summed E-state index contributed by atoms with van der Waals surface area (Å²) >= 11 is 0. The first-order valence-corrected chi connectivity index (χ1v) is 13.3. The zero-order chi connectivity index (χ0) is 29.8. The Bertz CT molecular complexity index is 1400. The number of carboxylic acids is 1. The fraction of sp³-hybridized carbons (Fsp3) is 0.400. The number of benzene rings is 2. The summed E-state index contributed by atoms with van der Waals surface area (Å²) in [5, 5.41) is 11.2. The molecule has 0 aliphatic carbocycles. The van der Waals surface area contributed by atoms with Gasteiger partial charge in [0, 0.05) is 42.6 Å². The van der Waals surface area contributed by atoms with Gasteiger partial charge in [0.05, 0.1) is 10.9 Å². The molecular formula is C30H31F4N3O4. The summed E-state index contributed by atoms with van der Waals surface area (Å²) in [5.41, 5.74) is 2.15. The van der Waals surface area contributed by atoms with Gasteiger partial charge < -0.3 is 15.3 Å². The van der Waals surface area contributed by atoms with Crippen LogP contribution in [0.1, 0.15) is 48.0 Å². The lowest BCUT2D eigenvalue weighted by Crippen LogP contribution is -2.47. The molecule has 1 amide bonds. The van der Waals surface area contributed by atoms with E-state index in [2.05, 4.69) is 22.1 Å². The quantitative estimate of drug-likeness (QED) is 0.310. The Morgan fingerprint density at radius 2 is 1.76 bits per heavy atom. The highest BCUT2D eigenvalue weighted by Crippen LogP contribution is 2.47. The number of likely N-dealkylation sites (tertiary alicyclic amines) is 1. The SMILES string of the molecule is C[C@H](CC(=O)c1cnc2ccccc2c1)CN1CCC2(CC1)C(=O)NCC2c1ccc(F)cc1.O=C(O)C(F)(F)F. The number of hydrogen-bond donors (Lipinski definition) is 2. The number of amides is 1. The van der Waals surface area contributed by atoms with E-state index < -0.39 is 17.6 Å². The number of ketones is 1. The van der Waals surface area contributed by atoms with Crippen molar-refractivity contribution < 1.29 is 37.1 Å². The molecule has 1 spiro atoms. The Hall–Kier alpha value is -3.86. The Morgan fingerprint density at radius 3 is 2.39 bits per heavy atom. The van der Waals surface area contributed by atoms with E-state index in [0.29, 0.717) is 18.5 Å². The third-order valence-electron chi connectivity index (χ3n) is 7.87. The molecule has 2 N–H and O–H groups in total. The summed E-state index contributed by atoms with van der Waals surface area (Å²) in [5.74, 6) is -2.50. The van der Waals surface area contributed by atoms with Crippen LogP contribution in [0.4, 0.5) is 17.6 Å². The molecule has 2 aromatic carbocycles. The van der Waals surface area contributed by atoms with Gasteiger partial charge in [0.1, 0.15) is 5.82 Å². The van der Waals surface area contributed by atoms with E-state index in [9.17, 15) is 27.2 Å². The fourth-order valence-electron chi connectivity index (χ4n) is 5.73. The molecule has 3 heterocycles. The van der Waals surface area contributed by atoms with Gasteiger partial charge in [0.25, 0.3) is 0 Å². The Kier molecular flexibility index (Phi) is 9.06. The Balaban J connectivity index is 0.000000493. The third-order valence-corrected chi connectivity index (χ3v) is 7.87. The van der Waals surface area contributed by atoms with Gasteiger partial charge in [-0.1, -0.05) is 37.3 Å². The smallest absolute Gasteiger partial charge is 0.475 e. The highest BCUT2D eigenvalue weighted by Gasteiger charge is 2.51. The monoisotopic (exact) mass is 573 g/mol. The summed E-state index contributed by atoms with van der Waals surface area (Å²) in [7, 11) is 0. The molecule has 1 aromatic heterocycles. The number of Topliss-reactive ketones (excluding diaryl/α,β-unsaturated/α-hetero) is 1. The average Bonchev–Trinajstić information content (AvgIpc) is 3.25. The molecule has 5 rings (SSSR count). The van der Waals surface area contributed by atoms with Crippen molar-refractivity contribution in [2.24, 2.45) is 11.3 Å². The van der Waals surface area contributed by atoms with Crippen LogP contribution in [-0.4, -0.2) is 65.0 Å². The number of fused-ring (bicyclic) bond motifs is 1. The van der Waals surface area contributed by atoms with Crippen LogP contribution in [0.15, 0.2) is 60.8 Å². The number of halogens is 4. The number of rotatable bonds is 6. The molecule has 2 saturated heterocycles. The number of piperidine rings is 1. The first-order valence-electron chi connectivity index (χ1n) is 13.3. The van der Waals surface area contributed by atoms with Crippen LogP contribution in [0.3, 0.4) is 0 Å². The second kappa shape index (κ2) is 12.3. The second-order valence-electron chi connectivity index (χ2n) is 10.7. The van der Waals surface area contributed by atoms with E-state index in [1.807, 2.05) is 42.5 Å². The van der Waals surface area contributed by atoms with E-state index in [1.54, 1.807) is 6.20 Å². The van der Waals surface area contributed by atoms with Crippen molar-refractivity contribution in [1.29, 1.82) is 0 Å². The number of aromatic nitrogens is 1. The van der Waals surface area contributed by atoms with E-state index >= 15 is 0 Å². The largest absolute Gasteiger partial charge is 0.490 e. The van der Waals surface area contributed by atoms with Crippen molar-refractivity contribution in [2.45, 2.75) is 38.3 Å². The molecule has 0 radical (unpaired) electrons. The summed E-state index contributed by atoms with van der Waals surface area (Å²) < 4.78 is 45.1. The molecule has 2 aliphatic heterocycles. The minimum atomic E-state index is -5.08. The van der Waals surface area contributed by atoms with Gasteiger partial charge in [-0.2, -0.15) is 13.2 Å². The van der Waals surface area contributed by atoms with Gasteiger partial charge in [0.2, 0.25) is 5.91 Å². The number of carbonyl (C=O) groups excluding carboxylic acids is 2. The highest BCUT2D eigenvalue weighted by atomic mass is 19.4. The molecule has 218 valence electrons. The fourth-order valence-corrected chi connectivity index (χ4v) is 5.73. The van der Waals surface area contributed by atoms with E-state index in [0.717, 1.165) is 48.9 Å². The average molecular weight is 574 g/mol.